The minimum Gasteiger partial charge on any atom is -0.399 e. The van der Waals surface area contributed by atoms with Gasteiger partial charge in [0, 0.05) is 37.6 Å². The fourth-order valence-corrected chi connectivity index (χ4v) is 4.36. The molecule has 0 aliphatic carbocycles. The highest BCUT2D eigenvalue weighted by Gasteiger charge is 2.34. The monoisotopic (exact) mass is 698 g/mol. The molecule has 48 heavy (non-hydrogen) atoms. The summed E-state index contributed by atoms with van der Waals surface area (Å²) in [5.74, 6) is -0.159. The van der Waals surface area contributed by atoms with E-state index in [-0.39, 0.29) is 21.9 Å². The van der Waals surface area contributed by atoms with E-state index in [0.717, 1.165) is 32.1 Å². The molecule has 0 radical (unpaired) electrons. The van der Waals surface area contributed by atoms with E-state index in [4.69, 9.17) is 5.73 Å². The fourth-order valence-electron chi connectivity index (χ4n) is 3.81. The number of nitrogens with zero attached hydrogens (tertiary/aromatic N) is 4. The molecule has 2 aromatic carbocycles. The van der Waals surface area contributed by atoms with E-state index in [1.807, 2.05) is 24.3 Å². The van der Waals surface area contributed by atoms with Crippen LogP contribution in [-0.2, 0) is 37.3 Å². The van der Waals surface area contributed by atoms with Gasteiger partial charge in [-0.25, -0.2) is 9.97 Å². The van der Waals surface area contributed by atoms with E-state index in [1.54, 1.807) is 18.4 Å². The van der Waals surface area contributed by atoms with Crippen LogP contribution in [0.3, 0.4) is 0 Å². The second-order valence-corrected chi connectivity index (χ2v) is 13.5. The maximum atomic E-state index is 12.8. The smallest absolute Gasteiger partial charge is 0.399 e. The first-order valence-corrected chi connectivity index (χ1v) is 15.6. The molecule has 0 saturated carbocycles. The summed E-state index contributed by atoms with van der Waals surface area (Å²) in [5, 5.41) is 2.80. The molecule has 0 unspecified atom stereocenters. The van der Waals surface area contributed by atoms with Crippen LogP contribution in [0.15, 0.2) is 75.4 Å². The lowest BCUT2D eigenvalue weighted by Crippen LogP contribution is -2.24. The summed E-state index contributed by atoms with van der Waals surface area (Å²) in [6.45, 7) is 12.8. The summed E-state index contributed by atoms with van der Waals surface area (Å²) < 4.78 is 77.0. The summed E-state index contributed by atoms with van der Waals surface area (Å²) in [7, 11) is 2.74. The molecule has 8 nitrogen and oxygen atoms in total. The van der Waals surface area contributed by atoms with Gasteiger partial charge in [-0.15, -0.1) is 0 Å². The molecular formula is C33H40F6N6O2S. The number of nitrogen functional groups attached to an aromatic ring is 1. The van der Waals surface area contributed by atoms with Crippen molar-refractivity contribution >= 4 is 29.1 Å². The first-order valence-electron chi connectivity index (χ1n) is 14.4. The molecular weight excluding hydrogens is 658 g/mol. The lowest BCUT2D eigenvalue weighted by Gasteiger charge is -2.19. The average molecular weight is 699 g/mol. The van der Waals surface area contributed by atoms with Crippen molar-refractivity contribution in [2.45, 2.75) is 69.9 Å². The number of hydrogen-bond donors (Lipinski definition) is 2. The normalized spacial score (nSPS) is 12.0. The third kappa shape index (κ3) is 11.5. The SMILES string of the molecule is CC(C)(C)c1ccc(N)cc1.CSc1nc(C(F)(F)F)cc(=O)n1C.Cn1c(Nc2ccc(C(C)(C)C)cc2)nc(C(F)(F)F)cc1=O. The van der Waals surface area contributed by atoms with Gasteiger partial charge in [0.05, 0.1) is 0 Å². The van der Waals surface area contributed by atoms with Gasteiger partial charge in [-0.05, 0) is 52.5 Å². The van der Waals surface area contributed by atoms with Gasteiger partial charge in [-0.2, -0.15) is 26.3 Å². The number of alkyl halides is 6. The highest BCUT2D eigenvalue weighted by Crippen LogP contribution is 2.29. The van der Waals surface area contributed by atoms with Crippen LogP contribution in [0, 0.1) is 0 Å². The van der Waals surface area contributed by atoms with Crippen LogP contribution >= 0.6 is 11.8 Å². The van der Waals surface area contributed by atoms with Crippen molar-refractivity contribution in [3.8, 4) is 0 Å². The molecule has 262 valence electrons. The highest BCUT2D eigenvalue weighted by molar-refractivity contribution is 7.98. The molecule has 4 aromatic rings. The first-order chi connectivity index (χ1) is 21.8. The fraction of sp³-hybridized carbons (Fsp3) is 0.394. The number of thioether (sulfide) groups is 1. The molecule has 3 N–H and O–H groups in total. The standard InChI is InChI=1S/C16H18F3N3O.C10H15N.C7H7F3N2OS/c1-15(2,3)10-5-7-11(8-6-10)20-14-21-12(16(17,18)19)9-13(23)22(14)4;1-10(2,3)8-4-6-9(11)7-5-8;1-12-5(13)3-4(7(8,9)10)11-6(12)14-2/h5-9H,1-4H3,(H,20,21);4-7H,11H2,1-3H3;3H,1-2H3. The topological polar surface area (TPSA) is 108 Å². The number of anilines is 3. The van der Waals surface area contributed by atoms with E-state index < -0.39 is 34.9 Å². The van der Waals surface area contributed by atoms with Gasteiger partial charge in [-0.1, -0.05) is 77.6 Å². The van der Waals surface area contributed by atoms with E-state index in [2.05, 4.69) is 69.0 Å². The van der Waals surface area contributed by atoms with Crippen LogP contribution in [0.4, 0.5) is 43.7 Å². The summed E-state index contributed by atoms with van der Waals surface area (Å²) >= 11 is 0.992. The Labute approximate surface area is 279 Å². The van der Waals surface area contributed by atoms with Crippen LogP contribution in [0.25, 0.3) is 0 Å². The van der Waals surface area contributed by atoms with Gasteiger partial charge >= 0.3 is 12.4 Å². The number of rotatable bonds is 3. The first kappa shape index (κ1) is 39.9. The third-order valence-corrected chi connectivity index (χ3v) is 7.51. The Bertz CT molecular complexity index is 1790. The Kier molecular flexibility index (Phi) is 12.7. The number of nitrogens with two attached hydrogens (primary N) is 1. The molecule has 15 heteroatoms. The molecule has 0 atom stereocenters. The van der Waals surface area contributed by atoms with Gasteiger partial charge in [0.1, 0.15) is 0 Å². The minimum atomic E-state index is -4.67. The number of benzene rings is 2. The largest absolute Gasteiger partial charge is 0.433 e. The molecule has 0 spiro atoms. The van der Waals surface area contributed by atoms with E-state index in [1.165, 1.54) is 19.7 Å². The molecule has 2 heterocycles. The Hall–Kier alpha value is -4.27. The van der Waals surface area contributed by atoms with Crippen molar-refractivity contribution in [3.05, 3.63) is 104 Å². The van der Waals surface area contributed by atoms with E-state index >= 15 is 0 Å². The van der Waals surface area contributed by atoms with Crippen LogP contribution in [0.1, 0.15) is 64.1 Å². The minimum absolute atomic E-state index is 0.0279. The number of hydrogen-bond acceptors (Lipinski definition) is 7. The molecule has 0 fully saturated rings. The lowest BCUT2D eigenvalue weighted by molar-refractivity contribution is -0.142. The zero-order valence-corrected chi connectivity index (χ0v) is 28.9. The lowest BCUT2D eigenvalue weighted by atomic mass is 9.87. The van der Waals surface area contributed by atoms with Crippen molar-refractivity contribution in [2.24, 2.45) is 14.1 Å². The van der Waals surface area contributed by atoms with Crippen molar-refractivity contribution in [2.75, 3.05) is 17.3 Å². The van der Waals surface area contributed by atoms with Crippen molar-refractivity contribution in [1.29, 1.82) is 0 Å². The zero-order chi connectivity index (χ0) is 36.8. The maximum absolute atomic E-state index is 12.8. The van der Waals surface area contributed by atoms with Crippen molar-refractivity contribution in [1.82, 2.24) is 19.1 Å². The summed E-state index contributed by atoms with van der Waals surface area (Å²) in [4.78, 5) is 29.6. The molecule has 2 aromatic heterocycles. The van der Waals surface area contributed by atoms with Crippen LogP contribution in [0.5, 0.6) is 0 Å². The number of halogens is 6. The predicted molar refractivity (Wildman–Crippen MR) is 179 cm³/mol. The highest BCUT2D eigenvalue weighted by atomic mass is 32.2. The Morgan fingerprint density at radius 2 is 1.06 bits per heavy atom. The molecule has 4 rings (SSSR count). The predicted octanol–water partition coefficient (Wildman–Crippen LogP) is 7.93. The maximum Gasteiger partial charge on any atom is 0.433 e. The Balaban J connectivity index is 0.000000273. The van der Waals surface area contributed by atoms with Crippen LogP contribution in [0.2, 0.25) is 0 Å². The van der Waals surface area contributed by atoms with Gasteiger partial charge < -0.3 is 11.1 Å². The number of aromatic nitrogens is 4. The van der Waals surface area contributed by atoms with Crippen LogP contribution < -0.4 is 22.2 Å². The summed E-state index contributed by atoms with van der Waals surface area (Å²) in [5.41, 5.74) is 5.73. The van der Waals surface area contributed by atoms with Gasteiger partial charge in [0.15, 0.2) is 16.5 Å². The van der Waals surface area contributed by atoms with Crippen molar-refractivity contribution in [3.63, 3.8) is 0 Å². The second-order valence-electron chi connectivity index (χ2n) is 12.7. The number of nitrogens with one attached hydrogen (secondary N) is 1. The summed E-state index contributed by atoms with van der Waals surface area (Å²) in [6, 6.07) is 16.3. The summed E-state index contributed by atoms with van der Waals surface area (Å²) in [6.07, 6.45) is -7.68. The quantitative estimate of drug-likeness (QED) is 0.0969. The molecule has 0 bridgehead atoms. The van der Waals surface area contributed by atoms with Crippen LogP contribution in [-0.4, -0.2) is 25.4 Å². The van der Waals surface area contributed by atoms with E-state index in [0.29, 0.717) is 17.8 Å². The zero-order valence-electron chi connectivity index (χ0n) is 28.1. The Morgan fingerprint density at radius 3 is 1.46 bits per heavy atom. The van der Waals surface area contributed by atoms with Gasteiger partial charge in [0.25, 0.3) is 11.1 Å². The second kappa shape index (κ2) is 15.3. The Morgan fingerprint density at radius 1 is 0.667 bits per heavy atom. The van der Waals surface area contributed by atoms with E-state index in [9.17, 15) is 35.9 Å². The molecule has 0 amide bonds. The van der Waals surface area contributed by atoms with Gasteiger partial charge in [-0.3, -0.25) is 18.7 Å². The molecule has 0 saturated heterocycles. The third-order valence-electron chi connectivity index (χ3n) is 6.78. The van der Waals surface area contributed by atoms with Crippen molar-refractivity contribution < 1.29 is 26.3 Å². The molecule has 0 aliphatic heterocycles. The average Bonchev–Trinajstić information content (AvgIpc) is 2.96. The molecule has 0 aliphatic rings. The van der Waals surface area contributed by atoms with Gasteiger partial charge in [0.2, 0.25) is 5.95 Å².